The number of fused-ring (bicyclic) bond motifs is 2. The van der Waals surface area contributed by atoms with Crippen molar-refractivity contribution in [2.75, 3.05) is 26.3 Å². The fourth-order valence-corrected chi connectivity index (χ4v) is 9.51. The zero-order valence-electron chi connectivity index (χ0n) is 24.3. The summed E-state index contributed by atoms with van der Waals surface area (Å²) in [6.45, 7) is 10.9. The molecule has 2 bridgehead atoms. The zero-order valence-corrected chi connectivity index (χ0v) is 25.1. The molecule has 1 spiro atoms. The molecule has 11 heteroatoms. The summed E-state index contributed by atoms with van der Waals surface area (Å²) in [5.41, 5.74) is 1.54. The number of aliphatic hydroxyl groups excluding tert-OH is 1. The number of likely N-dealkylation sites (tertiary alicyclic amines) is 1. The number of unbranched alkanes of at least 4 members (excludes halogenated alkanes) is 3. The third-order valence-electron chi connectivity index (χ3n) is 8.99. The second-order valence-electron chi connectivity index (χ2n) is 11.5. The predicted octanol–water partition coefficient (Wildman–Crippen LogP) is 3.41. The normalized spacial score (nSPS) is 27.8. The second-order valence-corrected chi connectivity index (χ2v) is 13.1. The molecule has 6 atom stereocenters. The minimum atomic E-state index is -0.734. The van der Waals surface area contributed by atoms with Crippen LogP contribution in [0, 0.1) is 17.8 Å². The summed E-state index contributed by atoms with van der Waals surface area (Å²) in [6.07, 6.45) is 7.68. The Bertz CT molecular complexity index is 1330. The SMILES string of the molecule is C=CCCCOC(=O)[C@@H]1[C@H]2C(=O)N(CCCCCO)C(C(=O)N(CC=C)Cn3nnc4ccccc43)C23S[C@@H]1CC3C. The Morgan fingerprint density at radius 1 is 1.21 bits per heavy atom. The van der Waals surface area contributed by atoms with Gasteiger partial charge in [0.05, 0.1) is 28.7 Å². The van der Waals surface area contributed by atoms with Crippen LogP contribution in [-0.2, 0) is 25.8 Å². The third-order valence-corrected chi connectivity index (χ3v) is 11.1. The number of esters is 1. The van der Waals surface area contributed by atoms with Crippen molar-refractivity contribution >= 4 is 40.6 Å². The average Bonchev–Trinajstić information content (AvgIpc) is 3.70. The van der Waals surface area contributed by atoms with E-state index in [1.165, 1.54) is 0 Å². The van der Waals surface area contributed by atoms with Crippen LogP contribution < -0.4 is 0 Å². The number of hydrogen-bond donors (Lipinski definition) is 1. The summed E-state index contributed by atoms with van der Waals surface area (Å²) in [4.78, 5) is 45.8. The van der Waals surface area contributed by atoms with Gasteiger partial charge >= 0.3 is 5.97 Å². The van der Waals surface area contributed by atoms with Crippen molar-refractivity contribution in [2.24, 2.45) is 17.8 Å². The highest BCUT2D eigenvalue weighted by Crippen LogP contribution is 2.68. The molecule has 42 heavy (non-hydrogen) atoms. The molecule has 3 fully saturated rings. The molecular formula is C31H41N5O5S. The first-order valence-corrected chi connectivity index (χ1v) is 15.8. The van der Waals surface area contributed by atoms with Crippen LogP contribution >= 0.6 is 11.8 Å². The molecule has 0 saturated carbocycles. The van der Waals surface area contributed by atoms with E-state index in [2.05, 4.69) is 30.4 Å². The van der Waals surface area contributed by atoms with E-state index in [4.69, 9.17) is 4.74 Å². The monoisotopic (exact) mass is 595 g/mol. The van der Waals surface area contributed by atoms with Gasteiger partial charge in [0.15, 0.2) is 0 Å². The number of thioether (sulfide) groups is 1. The second kappa shape index (κ2) is 13.0. The molecule has 4 heterocycles. The van der Waals surface area contributed by atoms with Gasteiger partial charge in [-0.1, -0.05) is 36.4 Å². The lowest BCUT2D eigenvalue weighted by molar-refractivity contribution is -0.154. The number of allylic oxidation sites excluding steroid dienone is 1. The Kier molecular flexibility index (Phi) is 9.37. The number of benzene rings is 1. The van der Waals surface area contributed by atoms with Gasteiger partial charge in [-0.25, -0.2) is 4.68 Å². The largest absolute Gasteiger partial charge is 0.465 e. The standard InChI is InChI=1S/C31H41N5O5S/c1-4-6-12-18-41-30(40)25-24-19-21(3)31(42-24)26(25)28(38)35(16-10-7-11-17-37)27(31)29(39)34(15-5-2)20-36-23-14-9-8-13-22(23)32-33-36/h4-5,8-9,13-14,21,24-27,37H,1-2,6-7,10-12,15-20H2,3H3/t21?,24-,25+,26+,27?,31?/m1/s1. The maximum Gasteiger partial charge on any atom is 0.310 e. The highest BCUT2D eigenvalue weighted by molar-refractivity contribution is 8.02. The van der Waals surface area contributed by atoms with Gasteiger partial charge in [-0.15, -0.1) is 30.0 Å². The minimum absolute atomic E-state index is 0.0560. The smallest absolute Gasteiger partial charge is 0.310 e. The van der Waals surface area contributed by atoms with E-state index >= 15 is 0 Å². The van der Waals surface area contributed by atoms with Crippen molar-refractivity contribution in [1.29, 1.82) is 0 Å². The molecule has 2 aromatic rings. The van der Waals surface area contributed by atoms with Crippen molar-refractivity contribution in [3.05, 3.63) is 49.6 Å². The van der Waals surface area contributed by atoms with Gasteiger partial charge in [0.25, 0.3) is 0 Å². The molecule has 0 radical (unpaired) electrons. The van der Waals surface area contributed by atoms with Gasteiger partial charge in [0.1, 0.15) is 18.2 Å². The molecule has 0 aliphatic carbocycles. The molecule has 2 amide bonds. The molecule has 226 valence electrons. The lowest BCUT2D eigenvalue weighted by Gasteiger charge is -2.40. The van der Waals surface area contributed by atoms with Crippen molar-refractivity contribution < 1.29 is 24.2 Å². The van der Waals surface area contributed by atoms with Gasteiger partial charge in [0, 0.05) is 24.9 Å². The highest BCUT2D eigenvalue weighted by atomic mass is 32.2. The molecule has 3 unspecified atom stereocenters. The van der Waals surface area contributed by atoms with Crippen molar-refractivity contribution in [1.82, 2.24) is 24.8 Å². The lowest BCUT2D eigenvalue weighted by Crippen LogP contribution is -2.57. The van der Waals surface area contributed by atoms with E-state index in [0.29, 0.717) is 25.8 Å². The quantitative estimate of drug-likeness (QED) is 0.189. The number of para-hydroxylation sites is 1. The van der Waals surface area contributed by atoms with Crippen LogP contribution in [0.4, 0.5) is 0 Å². The summed E-state index contributed by atoms with van der Waals surface area (Å²) >= 11 is 1.64. The van der Waals surface area contributed by atoms with Crippen molar-refractivity contribution in [3.8, 4) is 0 Å². The number of aliphatic hydroxyl groups is 1. The van der Waals surface area contributed by atoms with Crippen molar-refractivity contribution in [3.63, 3.8) is 0 Å². The van der Waals surface area contributed by atoms with Crippen LogP contribution in [-0.4, -0.2) is 90.0 Å². The summed E-state index contributed by atoms with van der Waals surface area (Å²) in [6, 6.07) is 6.85. The fraction of sp³-hybridized carbons (Fsp3) is 0.581. The van der Waals surface area contributed by atoms with Gasteiger partial charge in [0.2, 0.25) is 11.8 Å². The molecule has 3 saturated heterocycles. The van der Waals surface area contributed by atoms with E-state index in [9.17, 15) is 19.5 Å². The Morgan fingerprint density at radius 3 is 2.79 bits per heavy atom. The molecule has 1 aromatic heterocycles. The number of rotatable bonds is 15. The van der Waals surface area contributed by atoms with Gasteiger partial charge < -0.3 is 19.6 Å². The average molecular weight is 596 g/mol. The topological polar surface area (TPSA) is 118 Å². The number of aromatic nitrogens is 3. The first-order valence-electron chi connectivity index (χ1n) is 14.9. The van der Waals surface area contributed by atoms with Crippen LogP contribution in [0.3, 0.4) is 0 Å². The number of carbonyl (C=O) groups excluding carboxylic acids is 3. The molecule has 1 aromatic carbocycles. The Balaban J connectivity index is 1.47. The number of nitrogens with zero attached hydrogens (tertiary/aromatic N) is 5. The molecule has 3 aliphatic rings. The number of ether oxygens (including phenoxy) is 1. The summed E-state index contributed by atoms with van der Waals surface area (Å²) in [5, 5.41) is 17.8. The van der Waals surface area contributed by atoms with Crippen LogP contribution in [0.1, 0.15) is 45.4 Å². The third kappa shape index (κ3) is 5.25. The van der Waals surface area contributed by atoms with Crippen LogP contribution in [0.15, 0.2) is 49.6 Å². The summed E-state index contributed by atoms with van der Waals surface area (Å²) in [7, 11) is 0. The van der Waals surface area contributed by atoms with E-state index in [1.54, 1.807) is 38.4 Å². The van der Waals surface area contributed by atoms with Gasteiger partial charge in [-0.2, -0.15) is 0 Å². The van der Waals surface area contributed by atoms with E-state index in [-0.39, 0.29) is 55.4 Å². The number of hydrogen-bond acceptors (Lipinski definition) is 8. The van der Waals surface area contributed by atoms with E-state index in [0.717, 1.165) is 30.3 Å². The van der Waals surface area contributed by atoms with Gasteiger partial charge in [-0.3, -0.25) is 14.4 Å². The first-order chi connectivity index (χ1) is 20.4. The number of amides is 2. The summed E-state index contributed by atoms with van der Waals surface area (Å²) in [5.74, 6) is -1.79. The first kappa shape index (κ1) is 30.3. The van der Waals surface area contributed by atoms with Crippen LogP contribution in [0.2, 0.25) is 0 Å². The van der Waals surface area contributed by atoms with Crippen LogP contribution in [0.25, 0.3) is 11.0 Å². The van der Waals surface area contributed by atoms with E-state index < -0.39 is 22.6 Å². The maximum absolute atomic E-state index is 14.7. The van der Waals surface area contributed by atoms with E-state index in [1.807, 2.05) is 24.3 Å². The van der Waals surface area contributed by atoms with Gasteiger partial charge in [-0.05, 0) is 56.6 Å². The molecule has 10 nitrogen and oxygen atoms in total. The Hall–Kier alpha value is -3.18. The summed E-state index contributed by atoms with van der Waals surface area (Å²) < 4.78 is 6.65. The number of carbonyl (C=O) groups is 3. The Morgan fingerprint density at radius 2 is 2.02 bits per heavy atom. The lowest BCUT2D eigenvalue weighted by atomic mass is 9.66. The molecule has 3 aliphatic heterocycles. The fourth-order valence-electron chi connectivity index (χ4n) is 7.10. The minimum Gasteiger partial charge on any atom is -0.465 e. The molecular weight excluding hydrogens is 554 g/mol. The Labute approximate surface area is 251 Å². The molecule has 5 rings (SSSR count). The van der Waals surface area contributed by atoms with Crippen LogP contribution in [0.5, 0.6) is 0 Å². The predicted molar refractivity (Wildman–Crippen MR) is 161 cm³/mol. The highest BCUT2D eigenvalue weighted by Gasteiger charge is 2.76. The zero-order chi connectivity index (χ0) is 29.9. The maximum atomic E-state index is 14.7. The molecule has 1 N–H and O–H groups in total. The van der Waals surface area contributed by atoms with Crippen molar-refractivity contribution in [2.45, 2.75) is 68.2 Å².